The van der Waals surface area contributed by atoms with E-state index in [0.29, 0.717) is 0 Å². The van der Waals surface area contributed by atoms with Crippen LogP contribution >= 0.6 is 34.2 Å². The molecule has 0 spiro atoms. The summed E-state index contributed by atoms with van der Waals surface area (Å²) < 4.78 is 1.23. The van der Waals surface area contributed by atoms with Crippen LogP contribution in [-0.4, -0.2) is 6.54 Å². The van der Waals surface area contributed by atoms with Gasteiger partial charge in [0.1, 0.15) is 0 Å². The third-order valence-electron chi connectivity index (χ3n) is 2.27. The van der Waals surface area contributed by atoms with E-state index >= 15 is 0 Å². The maximum Gasteiger partial charge on any atom is 0.0441 e. The fourth-order valence-corrected chi connectivity index (χ4v) is 2.42. The molecule has 0 heterocycles. The van der Waals surface area contributed by atoms with Gasteiger partial charge in [-0.2, -0.15) is 0 Å². The van der Waals surface area contributed by atoms with Crippen LogP contribution in [0.4, 0.5) is 0 Å². The molecule has 0 aliphatic rings. The Morgan fingerprint density at radius 2 is 2.25 bits per heavy atom. The Labute approximate surface area is 116 Å². The highest BCUT2D eigenvalue weighted by molar-refractivity contribution is 14.1. The second-order valence-electron chi connectivity index (χ2n) is 3.41. The molecular weight excluding hydrogens is 333 g/mol. The number of nitrogens with one attached hydrogen (secondary N) is 1. The van der Waals surface area contributed by atoms with E-state index in [1.807, 2.05) is 25.1 Å². The Morgan fingerprint density at radius 3 is 2.88 bits per heavy atom. The van der Waals surface area contributed by atoms with E-state index in [0.717, 1.165) is 18.0 Å². The van der Waals surface area contributed by atoms with E-state index < -0.39 is 0 Å². The molecule has 3 heteroatoms. The Balaban J connectivity index is 2.97. The normalized spacial score (nSPS) is 11.8. The minimum Gasteiger partial charge on any atom is -0.309 e. The first-order valence-corrected chi connectivity index (χ1v) is 6.72. The lowest BCUT2D eigenvalue weighted by atomic mass is 10.0. The van der Waals surface area contributed by atoms with Crippen molar-refractivity contribution >= 4 is 34.2 Å². The highest BCUT2D eigenvalue weighted by Gasteiger charge is 2.12. The fraction of sp³-hybridized carbons (Fsp3) is 0.385. The first kappa shape index (κ1) is 13.8. The molecule has 1 unspecified atom stereocenters. The van der Waals surface area contributed by atoms with Gasteiger partial charge in [-0.25, -0.2) is 0 Å². The van der Waals surface area contributed by atoms with E-state index in [1.54, 1.807) is 0 Å². The zero-order chi connectivity index (χ0) is 12.0. The van der Waals surface area contributed by atoms with Crippen LogP contribution in [0.2, 0.25) is 5.02 Å². The summed E-state index contributed by atoms with van der Waals surface area (Å²) in [5.41, 5.74) is 1.23. The third kappa shape index (κ3) is 3.97. The van der Waals surface area contributed by atoms with Gasteiger partial charge in [0.05, 0.1) is 0 Å². The highest BCUT2D eigenvalue weighted by atomic mass is 127. The summed E-state index contributed by atoms with van der Waals surface area (Å²) in [5, 5.41) is 4.22. The lowest BCUT2D eigenvalue weighted by molar-refractivity contribution is 0.563. The van der Waals surface area contributed by atoms with E-state index in [9.17, 15) is 0 Å². The lowest BCUT2D eigenvalue weighted by Crippen LogP contribution is -2.21. The molecule has 0 bridgehead atoms. The molecule has 1 nitrogen and oxygen atoms in total. The van der Waals surface area contributed by atoms with Crippen molar-refractivity contribution in [3.05, 3.63) is 32.4 Å². The van der Waals surface area contributed by atoms with Gasteiger partial charge in [-0.15, -0.1) is 11.8 Å². The van der Waals surface area contributed by atoms with Gasteiger partial charge in [-0.3, -0.25) is 0 Å². The van der Waals surface area contributed by atoms with Crippen LogP contribution in [0.25, 0.3) is 0 Å². The van der Waals surface area contributed by atoms with Crippen molar-refractivity contribution in [1.29, 1.82) is 0 Å². The molecule has 1 aromatic rings. The smallest absolute Gasteiger partial charge is 0.0441 e. The van der Waals surface area contributed by atoms with E-state index in [1.165, 1.54) is 9.13 Å². The molecular formula is C13H15ClIN. The molecule has 16 heavy (non-hydrogen) atoms. The number of rotatable bonds is 4. The lowest BCUT2D eigenvalue weighted by Gasteiger charge is -2.17. The maximum absolute atomic E-state index is 6.03. The molecule has 0 amide bonds. The third-order valence-corrected chi connectivity index (χ3v) is 3.48. The van der Waals surface area contributed by atoms with Crippen LogP contribution in [-0.2, 0) is 0 Å². The topological polar surface area (TPSA) is 12.0 Å². The van der Waals surface area contributed by atoms with Crippen molar-refractivity contribution < 1.29 is 0 Å². The van der Waals surface area contributed by atoms with Crippen molar-refractivity contribution in [1.82, 2.24) is 5.32 Å². The van der Waals surface area contributed by atoms with Crippen LogP contribution in [0.15, 0.2) is 18.2 Å². The van der Waals surface area contributed by atoms with Crippen LogP contribution in [0.5, 0.6) is 0 Å². The molecule has 1 rings (SSSR count). The molecule has 0 saturated carbocycles. The van der Waals surface area contributed by atoms with E-state index in [-0.39, 0.29) is 6.04 Å². The van der Waals surface area contributed by atoms with Gasteiger partial charge in [0.2, 0.25) is 0 Å². The average molecular weight is 348 g/mol. The van der Waals surface area contributed by atoms with Gasteiger partial charge < -0.3 is 5.32 Å². The first-order chi connectivity index (χ1) is 7.69. The predicted molar refractivity (Wildman–Crippen MR) is 78.7 cm³/mol. The summed E-state index contributed by atoms with van der Waals surface area (Å²) in [6.07, 6.45) is 0.820. The van der Waals surface area contributed by atoms with Gasteiger partial charge in [0.25, 0.3) is 0 Å². The van der Waals surface area contributed by atoms with Gasteiger partial charge in [0, 0.05) is 21.1 Å². The number of hydrogen-bond donors (Lipinski definition) is 1. The molecule has 0 fully saturated rings. The zero-order valence-corrected chi connectivity index (χ0v) is 12.4. The molecule has 0 aliphatic heterocycles. The molecule has 0 saturated heterocycles. The quantitative estimate of drug-likeness (QED) is 0.641. The van der Waals surface area contributed by atoms with Crippen LogP contribution < -0.4 is 5.32 Å². The van der Waals surface area contributed by atoms with E-state index in [4.69, 9.17) is 11.6 Å². The average Bonchev–Trinajstić information content (AvgIpc) is 2.28. The van der Waals surface area contributed by atoms with Gasteiger partial charge in [-0.05, 0) is 59.8 Å². The van der Waals surface area contributed by atoms with Crippen molar-refractivity contribution in [2.24, 2.45) is 0 Å². The van der Waals surface area contributed by atoms with Crippen LogP contribution in [0, 0.1) is 15.4 Å². The molecule has 0 radical (unpaired) electrons. The van der Waals surface area contributed by atoms with Crippen molar-refractivity contribution in [2.45, 2.75) is 26.3 Å². The predicted octanol–water partition coefficient (Wildman–Crippen LogP) is 4.01. The first-order valence-electron chi connectivity index (χ1n) is 5.27. The van der Waals surface area contributed by atoms with Gasteiger partial charge >= 0.3 is 0 Å². The summed E-state index contributed by atoms with van der Waals surface area (Å²) in [4.78, 5) is 0. The Morgan fingerprint density at radius 1 is 1.50 bits per heavy atom. The minimum atomic E-state index is 0.267. The van der Waals surface area contributed by atoms with Crippen molar-refractivity contribution in [3.63, 3.8) is 0 Å². The monoisotopic (exact) mass is 347 g/mol. The summed E-state index contributed by atoms with van der Waals surface area (Å²) in [5.74, 6) is 6.05. The number of hydrogen-bond acceptors (Lipinski definition) is 1. The van der Waals surface area contributed by atoms with E-state index in [2.05, 4.69) is 46.7 Å². The highest BCUT2D eigenvalue weighted by Crippen LogP contribution is 2.25. The summed E-state index contributed by atoms with van der Waals surface area (Å²) >= 11 is 8.36. The largest absolute Gasteiger partial charge is 0.309 e. The Bertz CT molecular complexity index is 406. The van der Waals surface area contributed by atoms with Crippen molar-refractivity contribution in [3.8, 4) is 11.8 Å². The molecule has 0 aromatic heterocycles. The molecule has 0 aliphatic carbocycles. The number of halogens is 2. The Hall–Kier alpha value is -0.240. The minimum absolute atomic E-state index is 0.267. The maximum atomic E-state index is 6.03. The molecule has 1 N–H and O–H groups in total. The molecule has 1 atom stereocenters. The fourth-order valence-electron chi connectivity index (χ4n) is 1.52. The van der Waals surface area contributed by atoms with Crippen molar-refractivity contribution in [2.75, 3.05) is 6.54 Å². The summed E-state index contributed by atoms with van der Waals surface area (Å²) in [6.45, 7) is 4.90. The Kier molecular flexibility index (Phi) is 6.18. The van der Waals surface area contributed by atoms with Crippen LogP contribution in [0.3, 0.4) is 0 Å². The molecule has 86 valence electrons. The van der Waals surface area contributed by atoms with Gasteiger partial charge in [0.15, 0.2) is 0 Å². The second-order valence-corrected chi connectivity index (χ2v) is 5.01. The second kappa shape index (κ2) is 7.16. The summed E-state index contributed by atoms with van der Waals surface area (Å²) in [7, 11) is 0. The SMILES string of the molecule is CC#CCC(NCC)c1cc(Cl)ccc1I. The zero-order valence-electron chi connectivity index (χ0n) is 9.48. The number of benzene rings is 1. The standard InChI is InChI=1S/C13H15ClIN/c1-3-5-6-13(16-4-2)11-9-10(14)7-8-12(11)15/h7-9,13,16H,4,6H2,1-2H3. The molecule has 1 aromatic carbocycles. The van der Waals surface area contributed by atoms with Gasteiger partial charge in [-0.1, -0.05) is 18.5 Å². The summed E-state index contributed by atoms with van der Waals surface area (Å²) in [6, 6.07) is 6.25. The van der Waals surface area contributed by atoms with Crippen LogP contribution in [0.1, 0.15) is 31.9 Å².